The number of fused-ring (bicyclic) bond motifs is 3. The standard InChI is InChI=1S/C24H18ClN3O/c1-15-10-11-17(13-21(15)25)28-24-19-8-3-4-9-22(19)26-14-20(24)23(27-28)16-6-5-7-18(12-16)29-2/h3-14H,1-2H3. The predicted octanol–water partition coefficient (Wildman–Crippen LogP) is 6.21. The Bertz CT molecular complexity index is 1370. The number of benzene rings is 3. The highest BCUT2D eigenvalue weighted by molar-refractivity contribution is 6.31. The van der Waals surface area contributed by atoms with Gasteiger partial charge in [-0.1, -0.05) is 48.0 Å². The Morgan fingerprint density at radius 2 is 1.79 bits per heavy atom. The molecule has 0 aliphatic rings. The Hall–Kier alpha value is -3.37. The molecule has 0 bridgehead atoms. The van der Waals surface area contributed by atoms with Crippen LogP contribution in [-0.4, -0.2) is 21.9 Å². The van der Waals surface area contributed by atoms with Crippen LogP contribution in [0.1, 0.15) is 5.56 Å². The molecule has 0 aliphatic heterocycles. The normalized spacial score (nSPS) is 11.3. The Kier molecular flexibility index (Phi) is 4.22. The molecular weight excluding hydrogens is 382 g/mol. The highest BCUT2D eigenvalue weighted by Gasteiger charge is 2.17. The van der Waals surface area contributed by atoms with Crippen LogP contribution in [-0.2, 0) is 0 Å². The van der Waals surface area contributed by atoms with Crippen LogP contribution in [0.15, 0.2) is 72.9 Å². The van der Waals surface area contributed by atoms with Crippen LogP contribution in [0.5, 0.6) is 5.75 Å². The minimum atomic E-state index is 0.715. The molecule has 0 radical (unpaired) electrons. The number of aryl methyl sites for hydroxylation is 1. The summed E-state index contributed by atoms with van der Waals surface area (Å²) in [6.45, 7) is 1.99. The molecule has 4 nitrogen and oxygen atoms in total. The summed E-state index contributed by atoms with van der Waals surface area (Å²) in [7, 11) is 1.67. The molecule has 142 valence electrons. The fourth-order valence-electron chi connectivity index (χ4n) is 3.62. The van der Waals surface area contributed by atoms with Gasteiger partial charge in [-0.3, -0.25) is 4.98 Å². The fraction of sp³-hybridized carbons (Fsp3) is 0.0833. The topological polar surface area (TPSA) is 39.9 Å². The number of nitrogens with zero attached hydrogens (tertiary/aromatic N) is 3. The van der Waals surface area contributed by atoms with Crippen LogP contribution in [0.2, 0.25) is 5.02 Å². The Morgan fingerprint density at radius 3 is 2.62 bits per heavy atom. The van der Waals surface area contributed by atoms with Crippen LogP contribution < -0.4 is 4.74 Å². The molecule has 5 heteroatoms. The first-order chi connectivity index (χ1) is 14.2. The number of methoxy groups -OCH3 is 1. The van der Waals surface area contributed by atoms with E-state index in [0.717, 1.165) is 50.1 Å². The van der Waals surface area contributed by atoms with E-state index < -0.39 is 0 Å². The second kappa shape index (κ2) is 6.90. The lowest BCUT2D eigenvalue weighted by Gasteiger charge is -2.07. The SMILES string of the molecule is COc1cccc(-c2nn(-c3ccc(C)c(Cl)c3)c3c2cnc2ccccc23)c1. The smallest absolute Gasteiger partial charge is 0.119 e. The monoisotopic (exact) mass is 399 g/mol. The number of ether oxygens (including phenoxy) is 1. The first-order valence-electron chi connectivity index (χ1n) is 9.33. The lowest BCUT2D eigenvalue weighted by atomic mass is 10.1. The van der Waals surface area contributed by atoms with E-state index >= 15 is 0 Å². The van der Waals surface area contributed by atoms with E-state index in [2.05, 4.69) is 11.1 Å². The second-order valence-electron chi connectivity index (χ2n) is 6.96. The van der Waals surface area contributed by atoms with Gasteiger partial charge in [-0.15, -0.1) is 0 Å². The molecule has 29 heavy (non-hydrogen) atoms. The summed E-state index contributed by atoms with van der Waals surface area (Å²) in [5.74, 6) is 0.789. The molecule has 2 heterocycles. The van der Waals surface area contributed by atoms with Crippen molar-refractivity contribution in [2.45, 2.75) is 6.92 Å². The van der Waals surface area contributed by atoms with E-state index in [0.29, 0.717) is 5.02 Å². The van der Waals surface area contributed by atoms with Crippen molar-refractivity contribution < 1.29 is 4.74 Å². The molecule has 0 saturated heterocycles. The maximum Gasteiger partial charge on any atom is 0.119 e. The number of hydrogen-bond donors (Lipinski definition) is 0. The molecule has 0 saturated carbocycles. The molecule has 0 N–H and O–H groups in total. The molecule has 0 unspecified atom stereocenters. The van der Waals surface area contributed by atoms with Gasteiger partial charge in [0.25, 0.3) is 0 Å². The summed E-state index contributed by atoms with van der Waals surface area (Å²) in [5.41, 5.74) is 5.71. The zero-order valence-corrected chi connectivity index (χ0v) is 16.8. The van der Waals surface area contributed by atoms with Crippen molar-refractivity contribution in [3.63, 3.8) is 0 Å². The number of aromatic nitrogens is 3. The van der Waals surface area contributed by atoms with Crippen molar-refractivity contribution in [2.75, 3.05) is 7.11 Å². The highest BCUT2D eigenvalue weighted by atomic mass is 35.5. The number of halogens is 1. The van der Waals surface area contributed by atoms with Gasteiger partial charge in [0, 0.05) is 27.6 Å². The van der Waals surface area contributed by atoms with Gasteiger partial charge in [-0.2, -0.15) is 5.10 Å². The lowest BCUT2D eigenvalue weighted by Crippen LogP contribution is -1.98. The first-order valence-corrected chi connectivity index (χ1v) is 9.71. The van der Waals surface area contributed by atoms with E-state index in [9.17, 15) is 0 Å². The summed E-state index contributed by atoms with van der Waals surface area (Å²) in [5, 5.41) is 7.73. The molecule has 0 atom stereocenters. The van der Waals surface area contributed by atoms with Crippen molar-refractivity contribution in [1.82, 2.24) is 14.8 Å². The third-order valence-corrected chi connectivity index (χ3v) is 5.56. The number of rotatable bonds is 3. The van der Waals surface area contributed by atoms with Gasteiger partial charge >= 0.3 is 0 Å². The van der Waals surface area contributed by atoms with Gasteiger partial charge in [-0.25, -0.2) is 4.68 Å². The fourth-order valence-corrected chi connectivity index (χ4v) is 3.79. The molecule has 0 aliphatic carbocycles. The minimum absolute atomic E-state index is 0.715. The zero-order valence-electron chi connectivity index (χ0n) is 16.1. The molecule has 2 aromatic heterocycles. The van der Waals surface area contributed by atoms with Crippen molar-refractivity contribution >= 4 is 33.4 Å². The van der Waals surface area contributed by atoms with Crippen molar-refractivity contribution in [3.8, 4) is 22.7 Å². The lowest BCUT2D eigenvalue weighted by molar-refractivity contribution is 0.415. The first kappa shape index (κ1) is 17.7. The van der Waals surface area contributed by atoms with E-state index in [1.54, 1.807) is 7.11 Å². The van der Waals surface area contributed by atoms with Gasteiger partial charge in [0.05, 0.1) is 23.8 Å². The third-order valence-electron chi connectivity index (χ3n) is 5.16. The minimum Gasteiger partial charge on any atom is -0.497 e. The molecule has 5 rings (SSSR count). The molecule has 0 spiro atoms. The average molecular weight is 400 g/mol. The second-order valence-corrected chi connectivity index (χ2v) is 7.37. The molecule has 5 aromatic rings. The van der Waals surface area contributed by atoms with Gasteiger partial charge in [0.2, 0.25) is 0 Å². The zero-order chi connectivity index (χ0) is 20.0. The third kappa shape index (κ3) is 2.93. The summed E-state index contributed by atoms with van der Waals surface area (Å²) in [6, 6.07) is 22.0. The number of pyridine rings is 1. The van der Waals surface area contributed by atoms with Crippen LogP contribution in [0.25, 0.3) is 38.8 Å². The van der Waals surface area contributed by atoms with Crippen LogP contribution in [0, 0.1) is 6.92 Å². The molecule has 0 amide bonds. The quantitative estimate of drug-likeness (QED) is 0.362. The van der Waals surface area contributed by atoms with E-state index in [-0.39, 0.29) is 0 Å². The van der Waals surface area contributed by atoms with Crippen molar-refractivity contribution in [3.05, 3.63) is 83.5 Å². The maximum atomic E-state index is 6.43. The van der Waals surface area contributed by atoms with Crippen LogP contribution in [0.3, 0.4) is 0 Å². The van der Waals surface area contributed by atoms with Gasteiger partial charge < -0.3 is 4.74 Å². The summed E-state index contributed by atoms with van der Waals surface area (Å²) >= 11 is 6.43. The summed E-state index contributed by atoms with van der Waals surface area (Å²) < 4.78 is 7.37. The van der Waals surface area contributed by atoms with Gasteiger partial charge in [0.1, 0.15) is 11.4 Å². The maximum absolute atomic E-state index is 6.43. The van der Waals surface area contributed by atoms with Gasteiger partial charge in [-0.05, 0) is 42.8 Å². The molecule has 0 fully saturated rings. The van der Waals surface area contributed by atoms with Crippen molar-refractivity contribution in [1.29, 1.82) is 0 Å². The number of hydrogen-bond acceptors (Lipinski definition) is 3. The largest absolute Gasteiger partial charge is 0.497 e. The predicted molar refractivity (Wildman–Crippen MR) is 118 cm³/mol. The van der Waals surface area contributed by atoms with Crippen LogP contribution in [0.4, 0.5) is 0 Å². The molecular formula is C24H18ClN3O. The Morgan fingerprint density at radius 1 is 0.931 bits per heavy atom. The van der Waals surface area contributed by atoms with E-state index in [4.69, 9.17) is 21.4 Å². The number of para-hydroxylation sites is 1. The average Bonchev–Trinajstić information content (AvgIpc) is 3.16. The van der Waals surface area contributed by atoms with E-state index in [1.807, 2.05) is 78.5 Å². The summed E-state index contributed by atoms with van der Waals surface area (Å²) in [4.78, 5) is 4.67. The van der Waals surface area contributed by atoms with E-state index in [1.165, 1.54) is 0 Å². The van der Waals surface area contributed by atoms with Crippen LogP contribution >= 0.6 is 11.6 Å². The summed E-state index contributed by atoms with van der Waals surface area (Å²) in [6.07, 6.45) is 1.89. The van der Waals surface area contributed by atoms with Gasteiger partial charge in [0.15, 0.2) is 0 Å². The highest BCUT2D eigenvalue weighted by Crippen LogP contribution is 2.35. The Labute approximate surface area is 173 Å². The van der Waals surface area contributed by atoms with Crippen molar-refractivity contribution in [2.24, 2.45) is 0 Å². The molecule has 3 aromatic carbocycles. The Balaban J connectivity index is 1.88.